The summed E-state index contributed by atoms with van der Waals surface area (Å²) in [6.07, 6.45) is 1.71. The standard InChI is InChI=1S/C26H23ClN2O/c1-2-18-10-12-20(13-11-18)25-17-23(22-8-3-4-9-24(22)29-25)26(30)28-15-14-19-6-5-7-21(27)16-19/h3-13,16-17H,2,14-15H2,1H3,(H,28,30). The van der Waals surface area contributed by atoms with E-state index in [1.807, 2.05) is 54.6 Å². The maximum atomic E-state index is 13.0. The average Bonchev–Trinajstić information content (AvgIpc) is 2.78. The molecule has 0 saturated heterocycles. The molecule has 0 spiro atoms. The molecule has 30 heavy (non-hydrogen) atoms. The van der Waals surface area contributed by atoms with Gasteiger partial charge < -0.3 is 5.32 Å². The first-order valence-electron chi connectivity index (χ1n) is 10.2. The maximum absolute atomic E-state index is 13.0. The Labute approximate surface area is 181 Å². The van der Waals surface area contributed by atoms with Crippen molar-refractivity contribution in [2.75, 3.05) is 6.54 Å². The molecule has 0 aliphatic heterocycles. The number of aryl methyl sites for hydroxylation is 1. The minimum Gasteiger partial charge on any atom is -0.352 e. The molecule has 0 atom stereocenters. The Morgan fingerprint density at radius 2 is 1.73 bits per heavy atom. The Hall–Kier alpha value is -3.17. The third-order valence-electron chi connectivity index (χ3n) is 5.21. The number of halogens is 1. The average molecular weight is 415 g/mol. The molecule has 4 rings (SSSR count). The lowest BCUT2D eigenvalue weighted by Crippen LogP contribution is -2.26. The third kappa shape index (κ3) is 4.52. The summed E-state index contributed by atoms with van der Waals surface area (Å²) < 4.78 is 0. The number of hydrogen-bond donors (Lipinski definition) is 1. The number of para-hydroxylation sites is 1. The van der Waals surface area contributed by atoms with E-state index in [4.69, 9.17) is 16.6 Å². The highest BCUT2D eigenvalue weighted by Crippen LogP contribution is 2.25. The van der Waals surface area contributed by atoms with Gasteiger partial charge in [0, 0.05) is 22.5 Å². The molecule has 3 aromatic carbocycles. The molecule has 1 aromatic heterocycles. The lowest BCUT2D eigenvalue weighted by atomic mass is 10.0. The van der Waals surface area contributed by atoms with Crippen LogP contribution in [0.5, 0.6) is 0 Å². The smallest absolute Gasteiger partial charge is 0.252 e. The molecule has 4 heteroatoms. The fourth-order valence-corrected chi connectivity index (χ4v) is 3.74. The van der Waals surface area contributed by atoms with E-state index in [9.17, 15) is 4.79 Å². The van der Waals surface area contributed by atoms with Crippen molar-refractivity contribution in [1.29, 1.82) is 0 Å². The van der Waals surface area contributed by atoms with Gasteiger partial charge in [0.05, 0.1) is 16.8 Å². The van der Waals surface area contributed by atoms with Crippen LogP contribution in [0, 0.1) is 0 Å². The van der Waals surface area contributed by atoms with Crippen molar-refractivity contribution >= 4 is 28.4 Å². The van der Waals surface area contributed by atoms with Gasteiger partial charge in [-0.25, -0.2) is 4.98 Å². The van der Waals surface area contributed by atoms with E-state index >= 15 is 0 Å². The zero-order valence-electron chi connectivity index (χ0n) is 16.9. The highest BCUT2D eigenvalue weighted by Gasteiger charge is 2.13. The van der Waals surface area contributed by atoms with E-state index in [-0.39, 0.29) is 5.91 Å². The predicted molar refractivity (Wildman–Crippen MR) is 124 cm³/mol. The third-order valence-corrected chi connectivity index (χ3v) is 5.44. The van der Waals surface area contributed by atoms with Gasteiger partial charge >= 0.3 is 0 Å². The number of carbonyl (C=O) groups is 1. The topological polar surface area (TPSA) is 42.0 Å². The Morgan fingerprint density at radius 1 is 0.933 bits per heavy atom. The summed E-state index contributed by atoms with van der Waals surface area (Å²) in [5.74, 6) is -0.0953. The van der Waals surface area contributed by atoms with Crippen molar-refractivity contribution in [1.82, 2.24) is 10.3 Å². The maximum Gasteiger partial charge on any atom is 0.252 e. The minimum absolute atomic E-state index is 0.0953. The molecule has 0 saturated carbocycles. The first-order chi connectivity index (χ1) is 14.6. The van der Waals surface area contributed by atoms with Gasteiger partial charge in [-0.15, -0.1) is 0 Å². The number of rotatable bonds is 6. The minimum atomic E-state index is -0.0953. The molecule has 1 N–H and O–H groups in total. The van der Waals surface area contributed by atoms with Crippen molar-refractivity contribution < 1.29 is 4.79 Å². The van der Waals surface area contributed by atoms with Gasteiger partial charge in [0.15, 0.2) is 0 Å². The van der Waals surface area contributed by atoms with Crippen molar-refractivity contribution in [2.45, 2.75) is 19.8 Å². The quantitative estimate of drug-likeness (QED) is 0.414. The summed E-state index contributed by atoms with van der Waals surface area (Å²) in [5.41, 5.74) is 5.63. The van der Waals surface area contributed by atoms with Crippen molar-refractivity contribution in [3.63, 3.8) is 0 Å². The fraction of sp³-hybridized carbons (Fsp3) is 0.154. The summed E-state index contributed by atoms with van der Waals surface area (Å²) >= 11 is 6.05. The Kier molecular flexibility index (Phi) is 6.10. The van der Waals surface area contributed by atoms with Gasteiger partial charge in [-0.3, -0.25) is 4.79 Å². The molecule has 1 heterocycles. The van der Waals surface area contributed by atoms with E-state index in [2.05, 4.69) is 36.5 Å². The van der Waals surface area contributed by atoms with E-state index in [0.717, 1.165) is 40.6 Å². The van der Waals surface area contributed by atoms with E-state index in [0.29, 0.717) is 17.1 Å². The van der Waals surface area contributed by atoms with Crippen LogP contribution in [0.15, 0.2) is 78.9 Å². The van der Waals surface area contributed by atoms with Crippen molar-refractivity contribution in [3.8, 4) is 11.3 Å². The molecule has 0 fully saturated rings. The number of benzene rings is 3. The fourth-order valence-electron chi connectivity index (χ4n) is 3.53. The van der Waals surface area contributed by atoms with Crippen LogP contribution in [-0.4, -0.2) is 17.4 Å². The molecule has 150 valence electrons. The van der Waals surface area contributed by atoms with E-state index < -0.39 is 0 Å². The number of nitrogens with zero attached hydrogens (tertiary/aromatic N) is 1. The number of hydrogen-bond acceptors (Lipinski definition) is 2. The first kappa shape index (κ1) is 20.1. The lowest BCUT2D eigenvalue weighted by Gasteiger charge is -2.11. The summed E-state index contributed by atoms with van der Waals surface area (Å²) in [7, 11) is 0. The van der Waals surface area contributed by atoms with E-state index in [1.54, 1.807) is 0 Å². The Bertz CT molecular complexity index is 1190. The molecule has 1 amide bonds. The molecule has 0 aliphatic carbocycles. The van der Waals surface area contributed by atoms with Crippen molar-refractivity contribution in [2.24, 2.45) is 0 Å². The number of nitrogens with one attached hydrogen (secondary N) is 1. The second-order valence-corrected chi connectivity index (χ2v) is 7.69. The van der Waals surface area contributed by atoms with Gasteiger partial charge in [-0.1, -0.05) is 73.1 Å². The SMILES string of the molecule is CCc1ccc(-c2cc(C(=O)NCCc3cccc(Cl)c3)c3ccccc3n2)cc1. The van der Waals surface area contributed by atoms with Crippen LogP contribution in [0.2, 0.25) is 5.02 Å². The number of fused-ring (bicyclic) bond motifs is 1. The number of pyridine rings is 1. The van der Waals surface area contributed by atoms with Crippen LogP contribution in [0.25, 0.3) is 22.2 Å². The Morgan fingerprint density at radius 3 is 2.50 bits per heavy atom. The summed E-state index contributed by atoms with van der Waals surface area (Å²) in [4.78, 5) is 17.8. The molecular weight excluding hydrogens is 392 g/mol. The molecule has 0 radical (unpaired) electrons. The molecule has 0 bridgehead atoms. The van der Waals surface area contributed by atoms with Crippen molar-refractivity contribution in [3.05, 3.63) is 101 Å². The van der Waals surface area contributed by atoms with Crippen LogP contribution < -0.4 is 5.32 Å². The highest BCUT2D eigenvalue weighted by molar-refractivity contribution is 6.30. The van der Waals surface area contributed by atoms with Crippen LogP contribution in [0.3, 0.4) is 0 Å². The van der Waals surface area contributed by atoms with Gasteiger partial charge in [0.25, 0.3) is 5.91 Å². The number of amides is 1. The molecule has 0 aliphatic rings. The Balaban J connectivity index is 1.60. The summed E-state index contributed by atoms with van der Waals surface area (Å²) in [6.45, 7) is 2.67. The predicted octanol–water partition coefficient (Wildman–Crippen LogP) is 6.09. The second-order valence-electron chi connectivity index (χ2n) is 7.26. The molecule has 4 aromatic rings. The molecule has 0 unspecified atom stereocenters. The van der Waals surface area contributed by atoms with E-state index in [1.165, 1.54) is 5.56 Å². The van der Waals surface area contributed by atoms with Gasteiger partial charge in [0.2, 0.25) is 0 Å². The second kappa shape index (κ2) is 9.10. The van der Waals surface area contributed by atoms with Gasteiger partial charge in [-0.2, -0.15) is 0 Å². The number of carbonyl (C=O) groups excluding carboxylic acids is 1. The lowest BCUT2D eigenvalue weighted by molar-refractivity contribution is 0.0956. The van der Waals surface area contributed by atoms with Gasteiger partial charge in [0.1, 0.15) is 0 Å². The van der Waals surface area contributed by atoms with Crippen LogP contribution in [0.1, 0.15) is 28.4 Å². The summed E-state index contributed by atoms with van der Waals surface area (Å²) in [5, 5.41) is 4.61. The molecule has 3 nitrogen and oxygen atoms in total. The number of aromatic nitrogens is 1. The van der Waals surface area contributed by atoms with Crippen LogP contribution >= 0.6 is 11.6 Å². The summed E-state index contributed by atoms with van der Waals surface area (Å²) in [6, 6.07) is 25.7. The molecular formula is C26H23ClN2O. The first-order valence-corrected chi connectivity index (χ1v) is 10.5. The zero-order chi connectivity index (χ0) is 20.9. The van der Waals surface area contributed by atoms with Crippen LogP contribution in [-0.2, 0) is 12.8 Å². The largest absolute Gasteiger partial charge is 0.352 e. The van der Waals surface area contributed by atoms with Gasteiger partial charge in [-0.05, 0) is 48.2 Å². The normalized spacial score (nSPS) is 10.9. The highest BCUT2D eigenvalue weighted by atomic mass is 35.5. The zero-order valence-corrected chi connectivity index (χ0v) is 17.6. The monoisotopic (exact) mass is 414 g/mol. The van der Waals surface area contributed by atoms with Crippen LogP contribution in [0.4, 0.5) is 0 Å².